The van der Waals surface area contributed by atoms with E-state index in [4.69, 9.17) is 10.2 Å². The number of pyridine rings is 1. The molecule has 6 heteroatoms. The lowest BCUT2D eigenvalue weighted by Gasteiger charge is -1.95. The van der Waals surface area contributed by atoms with Gasteiger partial charge < -0.3 is 15.1 Å². The zero-order chi connectivity index (χ0) is 11.1. The van der Waals surface area contributed by atoms with Gasteiger partial charge in [-0.1, -0.05) is 5.10 Å². The van der Waals surface area contributed by atoms with E-state index < -0.39 is 0 Å². The monoisotopic (exact) mass is 215 g/mol. The Morgan fingerprint density at radius 2 is 2.19 bits per heavy atom. The van der Waals surface area contributed by atoms with Gasteiger partial charge in [-0.05, 0) is 24.6 Å². The fourth-order valence-corrected chi connectivity index (χ4v) is 1.59. The highest BCUT2D eigenvalue weighted by molar-refractivity contribution is 5.80. The van der Waals surface area contributed by atoms with Crippen molar-refractivity contribution in [2.45, 2.75) is 6.92 Å². The first-order valence-corrected chi connectivity index (χ1v) is 4.78. The number of aryl methyl sites for hydroxylation is 1. The van der Waals surface area contributed by atoms with Crippen LogP contribution in [0.15, 0.2) is 22.7 Å². The SMILES string of the molecule is Cc1c[nH]c2ccc(-c3nnc(N)o3)nc12. The highest BCUT2D eigenvalue weighted by atomic mass is 16.4. The molecule has 6 nitrogen and oxygen atoms in total. The Bertz CT molecular complexity index is 654. The fourth-order valence-electron chi connectivity index (χ4n) is 1.59. The van der Waals surface area contributed by atoms with E-state index in [1.54, 1.807) is 0 Å². The Morgan fingerprint density at radius 3 is 2.94 bits per heavy atom. The lowest BCUT2D eigenvalue weighted by Crippen LogP contribution is -1.84. The maximum absolute atomic E-state index is 5.36. The molecule has 0 aliphatic rings. The summed E-state index contributed by atoms with van der Waals surface area (Å²) in [6.45, 7) is 1.98. The molecule has 0 aliphatic heterocycles. The van der Waals surface area contributed by atoms with Gasteiger partial charge in [0.05, 0.1) is 11.0 Å². The summed E-state index contributed by atoms with van der Waals surface area (Å²) >= 11 is 0. The van der Waals surface area contributed by atoms with Crippen LogP contribution in [-0.2, 0) is 0 Å². The third kappa shape index (κ3) is 1.23. The van der Waals surface area contributed by atoms with E-state index in [-0.39, 0.29) is 6.01 Å². The molecule has 0 unspecified atom stereocenters. The molecule has 0 saturated heterocycles. The Labute approximate surface area is 90.5 Å². The van der Waals surface area contributed by atoms with Gasteiger partial charge in [0.25, 0.3) is 5.89 Å². The summed E-state index contributed by atoms with van der Waals surface area (Å²) in [5.74, 6) is 0.333. The minimum atomic E-state index is 0.0442. The van der Waals surface area contributed by atoms with Gasteiger partial charge in [0.1, 0.15) is 5.69 Å². The van der Waals surface area contributed by atoms with Gasteiger partial charge in [-0.25, -0.2) is 4.98 Å². The van der Waals surface area contributed by atoms with Crippen molar-refractivity contribution < 1.29 is 4.42 Å². The van der Waals surface area contributed by atoms with Gasteiger partial charge in [0.15, 0.2) is 0 Å². The van der Waals surface area contributed by atoms with E-state index in [0.29, 0.717) is 11.6 Å². The molecule has 80 valence electrons. The molecule has 0 atom stereocenters. The standard InChI is InChI=1S/C10H9N5O/c1-5-4-12-6-2-3-7(13-8(5)6)9-14-15-10(11)16-9/h2-4,12H,1H3,(H2,11,15). The fraction of sp³-hybridized carbons (Fsp3) is 0.100. The van der Waals surface area contributed by atoms with Crippen LogP contribution >= 0.6 is 0 Å². The second kappa shape index (κ2) is 3.06. The lowest BCUT2D eigenvalue weighted by molar-refractivity contribution is 0.588. The van der Waals surface area contributed by atoms with Crippen molar-refractivity contribution in [1.29, 1.82) is 0 Å². The summed E-state index contributed by atoms with van der Waals surface area (Å²) in [6.07, 6.45) is 1.91. The van der Waals surface area contributed by atoms with E-state index >= 15 is 0 Å². The molecule has 0 aromatic carbocycles. The average Bonchev–Trinajstić information content (AvgIpc) is 2.86. The zero-order valence-electron chi connectivity index (χ0n) is 8.56. The van der Waals surface area contributed by atoms with Crippen LogP contribution in [0.1, 0.15) is 5.56 Å². The number of fused-ring (bicyclic) bond motifs is 1. The summed E-state index contributed by atoms with van der Waals surface area (Å²) in [4.78, 5) is 7.55. The van der Waals surface area contributed by atoms with Crippen LogP contribution < -0.4 is 5.73 Å². The van der Waals surface area contributed by atoms with E-state index in [1.807, 2.05) is 25.3 Å². The molecule has 0 radical (unpaired) electrons. The molecule has 16 heavy (non-hydrogen) atoms. The number of anilines is 1. The Balaban J connectivity index is 2.21. The summed E-state index contributed by atoms with van der Waals surface area (Å²) < 4.78 is 5.12. The number of nitrogens with one attached hydrogen (secondary N) is 1. The molecule has 3 N–H and O–H groups in total. The normalized spacial score (nSPS) is 11.1. The van der Waals surface area contributed by atoms with Gasteiger partial charge in [0.2, 0.25) is 0 Å². The van der Waals surface area contributed by atoms with Crippen LogP contribution in [0.4, 0.5) is 6.01 Å². The predicted octanol–water partition coefficient (Wildman–Crippen LogP) is 1.50. The number of aromatic nitrogens is 4. The topological polar surface area (TPSA) is 93.6 Å². The average molecular weight is 215 g/mol. The molecule has 0 fully saturated rings. The van der Waals surface area contributed by atoms with Crippen LogP contribution in [0.2, 0.25) is 0 Å². The first-order valence-electron chi connectivity index (χ1n) is 4.78. The van der Waals surface area contributed by atoms with Crippen molar-refractivity contribution in [3.63, 3.8) is 0 Å². The number of rotatable bonds is 1. The highest BCUT2D eigenvalue weighted by Crippen LogP contribution is 2.21. The first-order chi connectivity index (χ1) is 7.74. The second-order valence-electron chi connectivity index (χ2n) is 3.51. The van der Waals surface area contributed by atoms with Crippen molar-refractivity contribution >= 4 is 17.0 Å². The van der Waals surface area contributed by atoms with Crippen molar-refractivity contribution in [2.24, 2.45) is 0 Å². The highest BCUT2D eigenvalue weighted by Gasteiger charge is 2.09. The molecule has 3 rings (SSSR count). The maximum atomic E-state index is 5.36. The molecule has 3 heterocycles. The third-order valence-corrected chi connectivity index (χ3v) is 2.37. The zero-order valence-corrected chi connectivity index (χ0v) is 8.56. The largest absolute Gasteiger partial charge is 0.402 e. The molecular weight excluding hydrogens is 206 g/mol. The number of aromatic amines is 1. The van der Waals surface area contributed by atoms with Gasteiger partial charge in [0, 0.05) is 6.20 Å². The molecule has 0 saturated carbocycles. The minimum Gasteiger partial charge on any atom is -0.402 e. The number of nitrogen functional groups attached to an aromatic ring is 1. The third-order valence-electron chi connectivity index (χ3n) is 2.37. The van der Waals surface area contributed by atoms with Gasteiger partial charge in [-0.2, -0.15) is 0 Å². The van der Waals surface area contributed by atoms with Crippen molar-refractivity contribution in [1.82, 2.24) is 20.2 Å². The number of nitrogens with two attached hydrogens (primary N) is 1. The van der Waals surface area contributed by atoms with Crippen LogP contribution in [0.25, 0.3) is 22.6 Å². The molecule has 3 aromatic heterocycles. The minimum absolute atomic E-state index is 0.0442. The summed E-state index contributed by atoms with van der Waals surface area (Å²) in [6, 6.07) is 3.78. The molecular formula is C10H9N5O. The van der Waals surface area contributed by atoms with E-state index in [0.717, 1.165) is 16.6 Å². The molecule has 0 amide bonds. The maximum Gasteiger partial charge on any atom is 0.313 e. The van der Waals surface area contributed by atoms with Crippen molar-refractivity contribution in [3.05, 3.63) is 23.9 Å². The lowest BCUT2D eigenvalue weighted by atomic mass is 10.2. The first kappa shape index (κ1) is 8.90. The van der Waals surface area contributed by atoms with Crippen molar-refractivity contribution in [2.75, 3.05) is 5.73 Å². The smallest absolute Gasteiger partial charge is 0.313 e. The molecule has 0 bridgehead atoms. The van der Waals surface area contributed by atoms with Crippen LogP contribution in [0.5, 0.6) is 0 Å². The van der Waals surface area contributed by atoms with Gasteiger partial charge in [-0.3, -0.25) is 0 Å². The van der Waals surface area contributed by atoms with Crippen LogP contribution in [0, 0.1) is 6.92 Å². The summed E-state index contributed by atoms with van der Waals surface area (Å²) in [5.41, 5.74) is 8.94. The Morgan fingerprint density at radius 1 is 1.31 bits per heavy atom. The van der Waals surface area contributed by atoms with Crippen molar-refractivity contribution in [3.8, 4) is 11.6 Å². The van der Waals surface area contributed by atoms with Crippen LogP contribution in [-0.4, -0.2) is 20.2 Å². The van der Waals surface area contributed by atoms with E-state index in [1.165, 1.54) is 0 Å². The van der Waals surface area contributed by atoms with E-state index in [9.17, 15) is 0 Å². The number of hydrogen-bond donors (Lipinski definition) is 2. The molecule has 0 spiro atoms. The van der Waals surface area contributed by atoms with E-state index in [2.05, 4.69) is 20.2 Å². The summed E-state index contributed by atoms with van der Waals surface area (Å²) in [5, 5.41) is 7.39. The number of nitrogens with zero attached hydrogens (tertiary/aromatic N) is 3. The Hall–Kier alpha value is -2.37. The molecule has 0 aliphatic carbocycles. The van der Waals surface area contributed by atoms with Crippen LogP contribution in [0.3, 0.4) is 0 Å². The van der Waals surface area contributed by atoms with Gasteiger partial charge >= 0.3 is 6.01 Å². The van der Waals surface area contributed by atoms with Gasteiger partial charge in [-0.15, -0.1) is 5.10 Å². The number of H-pyrrole nitrogens is 1. The Kier molecular flexibility index (Phi) is 1.70. The summed E-state index contributed by atoms with van der Waals surface area (Å²) in [7, 11) is 0. The predicted molar refractivity (Wildman–Crippen MR) is 58.5 cm³/mol. The molecule has 3 aromatic rings. The quantitative estimate of drug-likeness (QED) is 0.641. The number of hydrogen-bond acceptors (Lipinski definition) is 5. The second-order valence-corrected chi connectivity index (χ2v) is 3.51.